The molecular formula is C12H29N3Si. The summed E-state index contributed by atoms with van der Waals surface area (Å²) in [5.41, 5.74) is 0.306. The molecule has 0 bridgehead atoms. The number of hydrogen-bond donors (Lipinski definition) is 3. The molecule has 1 aliphatic carbocycles. The van der Waals surface area contributed by atoms with Gasteiger partial charge in [0.1, 0.15) is 0 Å². The Labute approximate surface area is 104 Å². The predicted octanol–water partition coefficient (Wildman–Crippen LogP) is 0.491. The normalized spacial score (nSPS) is 20.4. The monoisotopic (exact) mass is 243 g/mol. The van der Waals surface area contributed by atoms with Crippen molar-refractivity contribution in [3.05, 3.63) is 0 Å². The Morgan fingerprint density at radius 2 is 1.38 bits per heavy atom. The van der Waals surface area contributed by atoms with E-state index in [4.69, 9.17) is 0 Å². The fourth-order valence-electron chi connectivity index (χ4n) is 2.72. The standard InChI is InChI=1S/C12H29N3Si/c1-9(2)13-11(14-10(3)4)12(15-16)7-5-6-8-12/h9-11,13-15H,5-8H2,1-4,16H3. The molecule has 3 N–H and O–H groups in total. The summed E-state index contributed by atoms with van der Waals surface area (Å²) < 4.78 is 0. The van der Waals surface area contributed by atoms with Crippen LogP contribution in [0.25, 0.3) is 0 Å². The van der Waals surface area contributed by atoms with E-state index in [1.165, 1.54) is 25.7 Å². The van der Waals surface area contributed by atoms with Gasteiger partial charge in [-0.15, -0.1) is 0 Å². The van der Waals surface area contributed by atoms with Crippen LogP contribution < -0.4 is 15.6 Å². The first-order valence-electron chi connectivity index (χ1n) is 6.71. The Hall–Kier alpha value is 0.0969. The summed E-state index contributed by atoms with van der Waals surface area (Å²) in [4.78, 5) is 3.70. The van der Waals surface area contributed by atoms with Gasteiger partial charge >= 0.3 is 0 Å². The molecule has 1 saturated carbocycles. The van der Waals surface area contributed by atoms with Crippen molar-refractivity contribution >= 4 is 10.4 Å². The molecule has 0 amide bonds. The minimum atomic E-state index is 0.306. The maximum Gasteiger partial charge on any atom is 0.0757 e. The van der Waals surface area contributed by atoms with Gasteiger partial charge in [-0.05, 0) is 40.5 Å². The SMILES string of the molecule is CC(C)NC(NC(C)C)C1(N[SiH3])CCCC1. The molecule has 96 valence electrons. The third kappa shape index (κ3) is 3.55. The molecule has 0 saturated heterocycles. The number of nitrogens with one attached hydrogen (secondary N) is 3. The predicted molar refractivity (Wildman–Crippen MR) is 74.6 cm³/mol. The van der Waals surface area contributed by atoms with E-state index in [0.29, 0.717) is 23.8 Å². The first-order valence-corrected chi connectivity index (χ1v) is 7.71. The van der Waals surface area contributed by atoms with Gasteiger partial charge in [0, 0.05) is 17.6 Å². The van der Waals surface area contributed by atoms with Crippen molar-refractivity contribution in [2.75, 3.05) is 0 Å². The van der Waals surface area contributed by atoms with E-state index in [1.54, 1.807) is 0 Å². The van der Waals surface area contributed by atoms with Gasteiger partial charge in [0.2, 0.25) is 0 Å². The van der Waals surface area contributed by atoms with Gasteiger partial charge < -0.3 is 4.98 Å². The summed E-state index contributed by atoms with van der Waals surface area (Å²) in [5.74, 6) is 0. The molecule has 0 heterocycles. The summed E-state index contributed by atoms with van der Waals surface area (Å²) in [6.45, 7) is 8.91. The van der Waals surface area contributed by atoms with E-state index in [2.05, 4.69) is 43.3 Å². The Balaban J connectivity index is 2.71. The van der Waals surface area contributed by atoms with Gasteiger partial charge in [-0.2, -0.15) is 0 Å². The second kappa shape index (κ2) is 6.14. The van der Waals surface area contributed by atoms with Crippen LogP contribution in [0.15, 0.2) is 0 Å². The summed E-state index contributed by atoms with van der Waals surface area (Å²) in [6, 6.07) is 1.06. The Kier molecular flexibility index (Phi) is 5.44. The van der Waals surface area contributed by atoms with Gasteiger partial charge in [0.15, 0.2) is 0 Å². The molecule has 1 fully saturated rings. The van der Waals surface area contributed by atoms with E-state index >= 15 is 0 Å². The van der Waals surface area contributed by atoms with Crippen LogP contribution in [0.2, 0.25) is 0 Å². The molecule has 0 aliphatic heterocycles. The lowest BCUT2D eigenvalue weighted by atomic mass is 9.93. The van der Waals surface area contributed by atoms with Crippen LogP contribution in [0, 0.1) is 0 Å². The second-order valence-corrected chi connectivity index (χ2v) is 6.19. The Morgan fingerprint density at radius 3 is 1.69 bits per heavy atom. The molecule has 3 nitrogen and oxygen atoms in total. The van der Waals surface area contributed by atoms with Gasteiger partial charge in [0.05, 0.1) is 16.6 Å². The van der Waals surface area contributed by atoms with Crippen LogP contribution in [0.4, 0.5) is 0 Å². The van der Waals surface area contributed by atoms with E-state index in [-0.39, 0.29) is 0 Å². The highest BCUT2D eigenvalue weighted by Gasteiger charge is 2.39. The highest BCUT2D eigenvalue weighted by molar-refractivity contribution is 6.05. The Morgan fingerprint density at radius 1 is 0.938 bits per heavy atom. The van der Waals surface area contributed by atoms with Gasteiger partial charge in [-0.3, -0.25) is 10.6 Å². The van der Waals surface area contributed by atoms with Crippen LogP contribution >= 0.6 is 0 Å². The van der Waals surface area contributed by atoms with Gasteiger partial charge in [-0.1, -0.05) is 12.8 Å². The van der Waals surface area contributed by atoms with Gasteiger partial charge in [0.25, 0.3) is 0 Å². The quantitative estimate of drug-likeness (QED) is 0.469. The summed E-state index contributed by atoms with van der Waals surface area (Å²) in [6.07, 6.45) is 5.75. The van der Waals surface area contributed by atoms with Crippen LogP contribution in [0.1, 0.15) is 53.4 Å². The second-order valence-electron chi connectivity index (χ2n) is 5.69. The minimum Gasteiger partial charge on any atom is -0.338 e. The van der Waals surface area contributed by atoms with Crippen LogP contribution in [0.5, 0.6) is 0 Å². The number of rotatable bonds is 6. The van der Waals surface area contributed by atoms with Crippen molar-refractivity contribution in [3.63, 3.8) is 0 Å². The molecule has 1 rings (SSSR count). The zero-order valence-corrected chi connectivity index (χ0v) is 13.6. The van der Waals surface area contributed by atoms with E-state index < -0.39 is 0 Å². The molecule has 1 aliphatic rings. The zero-order valence-electron chi connectivity index (χ0n) is 11.6. The van der Waals surface area contributed by atoms with E-state index in [1.807, 2.05) is 0 Å². The van der Waals surface area contributed by atoms with Crippen molar-refractivity contribution in [2.45, 2.75) is 77.2 Å². The largest absolute Gasteiger partial charge is 0.338 e. The summed E-state index contributed by atoms with van der Waals surface area (Å²) in [5, 5.41) is 7.39. The fraction of sp³-hybridized carbons (Fsp3) is 1.00. The highest BCUT2D eigenvalue weighted by Crippen LogP contribution is 2.31. The molecule has 4 heteroatoms. The minimum absolute atomic E-state index is 0.306. The van der Waals surface area contributed by atoms with E-state index in [9.17, 15) is 0 Å². The van der Waals surface area contributed by atoms with Crippen LogP contribution in [-0.4, -0.2) is 34.2 Å². The van der Waals surface area contributed by atoms with Crippen molar-refractivity contribution in [3.8, 4) is 0 Å². The molecular weight excluding hydrogens is 214 g/mol. The molecule has 0 aromatic heterocycles. The molecule has 0 spiro atoms. The lowest BCUT2D eigenvalue weighted by Gasteiger charge is -2.41. The smallest absolute Gasteiger partial charge is 0.0757 e. The van der Waals surface area contributed by atoms with Crippen LogP contribution in [-0.2, 0) is 0 Å². The van der Waals surface area contributed by atoms with E-state index in [0.717, 1.165) is 10.4 Å². The molecule has 0 unspecified atom stereocenters. The molecule has 0 radical (unpaired) electrons. The zero-order chi connectivity index (χ0) is 12.2. The Bertz CT molecular complexity index is 190. The fourth-order valence-corrected chi connectivity index (χ4v) is 3.51. The van der Waals surface area contributed by atoms with Crippen molar-refractivity contribution in [1.29, 1.82) is 0 Å². The molecule has 0 aromatic rings. The number of hydrogen-bond acceptors (Lipinski definition) is 3. The molecule has 0 aromatic carbocycles. The molecule has 0 atom stereocenters. The average Bonchev–Trinajstić information content (AvgIpc) is 2.64. The average molecular weight is 243 g/mol. The van der Waals surface area contributed by atoms with Gasteiger partial charge in [-0.25, -0.2) is 0 Å². The van der Waals surface area contributed by atoms with Crippen molar-refractivity contribution in [2.24, 2.45) is 0 Å². The summed E-state index contributed by atoms with van der Waals surface area (Å²) >= 11 is 0. The maximum atomic E-state index is 3.70. The molecule has 16 heavy (non-hydrogen) atoms. The highest BCUT2D eigenvalue weighted by atomic mass is 28.2. The lowest BCUT2D eigenvalue weighted by Crippen LogP contribution is -2.66. The summed E-state index contributed by atoms with van der Waals surface area (Å²) in [7, 11) is 1.07. The van der Waals surface area contributed by atoms with Crippen molar-refractivity contribution in [1.82, 2.24) is 15.6 Å². The van der Waals surface area contributed by atoms with Crippen molar-refractivity contribution < 1.29 is 0 Å². The first-order chi connectivity index (χ1) is 7.50. The lowest BCUT2D eigenvalue weighted by molar-refractivity contribution is 0.211. The third-order valence-electron chi connectivity index (χ3n) is 3.55. The first kappa shape index (κ1) is 14.2. The third-order valence-corrected chi connectivity index (χ3v) is 4.54. The maximum absolute atomic E-state index is 3.70. The van der Waals surface area contributed by atoms with Crippen LogP contribution in [0.3, 0.4) is 0 Å². The topological polar surface area (TPSA) is 36.1 Å².